The zero-order chi connectivity index (χ0) is 18.9. The number of hydrogen-bond acceptors (Lipinski definition) is 7. The van der Waals surface area contributed by atoms with Gasteiger partial charge in [-0.1, -0.05) is 13.0 Å². The number of thiophene rings is 1. The molecule has 138 valence electrons. The third-order valence-corrected chi connectivity index (χ3v) is 6.45. The summed E-state index contributed by atoms with van der Waals surface area (Å²) < 4.78 is 34.1. The van der Waals surface area contributed by atoms with Gasteiger partial charge in [-0.05, 0) is 17.7 Å². The van der Waals surface area contributed by atoms with Gasteiger partial charge in [-0.15, -0.1) is 11.3 Å². The summed E-state index contributed by atoms with van der Waals surface area (Å²) in [6.07, 6.45) is 0. The van der Waals surface area contributed by atoms with E-state index in [1.54, 1.807) is 33.3 Å². The van der Waals surface area contributed by atoms with Crippen molar-refractivity contribution in [1.82, 2.24) is 9.97 Å². The number of nitrogens with one attached hydrogen (secondary N) is 1. The van der Waals surface area contributed by atoms with E-state index in [2.05, 4.69) is 9.97 Å². The minimum absolute atomic E-state index is 0.00389. The standard InChI is InChI=1S/C17H18N2O5S2/c1-4-26(21,22)9-14-18-16(20)15-11(8-25-17(15)19-14)10-5-6-12(23-2)13(7-10)24-3/h5-8H,4,9H2,1-3H3,(H,18,19,20). The van der Waals surface area contributed by atoms with Crippen LogP contribution in [0.15, 0.2) is 28.4 Å². The maximum Gasteiger partial charge on any atom is 0.260 e. The Balaban J connectivity index is 2.11. The second-order valence-corrected chi connectivity index (χ2v) is 8.80. The molecule has 3 aromatic rings. The van der Waals surface area contributed by atoms with Crippen molar-refractivity contribution in [2.45, 2.75) is 12.7 Å². The third kappa shape index (κ3) is 3.45. The van der Waals surface area contributed by atoms with Gasteiger partial charge in [0.15, 0.2) is 21.3 Å². The SMILES string of the molecule is CCS(=O)(=O)Cc1nc2scc(-c3ccc(OC)c(OC)c3)c2c(=O)[nH]1. The first-order valence-electron chi connectivity index (χ1n) is 7.81. The van der Waals surface area contributed by atoms with Crippen molar-refractivity contribution >= 4 is 31.4 Å². The number of rotatable bonds is 6. The first-order valence-corrected chi connectivity index (χ1v) is 10.5. The van der Waals surface area contributed by atoms with Crippen molar-refractivity contribution in [1.29, 1.82) is 0 Å². The van der Waals surface area contributed by atoms with E-state index in [0.29, 0.717) is 27.3 Å². The molecule has 0 spiro atoms. The van der Waals surface area contributed by atoms with Gasteiger partial charge in [0.05, 0.1) is 19.6 Å². The molecule has 0 aliphatic carbocycles. The Hall–Kier alpha value is -2.39. The van der Waals surface area contributed by atoms with E-state index in [0.717, 1.165) is 5.56 Å². The summed E-state index contributed by atoms with van der Waals surface area (Å²) in [5, 5.41) is 2.26. The molecule has 1 aromatic carbocycles. The lowest BCUT2D eigenvalue weighted by Gasteiger charge is -2.09. The van der Waals surface area contributed by atoms with Gasteiger partial charge >= 0.3 is 0 Å². The van der Waals surface area contributed by atoms with Crippen molar-refractivity contribution in [2.24, 2.45) is 0 Å². The molecule has 1 N–H and O–H groups in total. The number of fused-ring (bicyclic) bond motifs is 1. The molecule has 0 saturated carbocycles. The second kappa shape index (κ2) is 7.08. The number of aromatic amines is 1. The Morgan fingerprint density at radius 1 is 1.19 bits per heavy atom. The number of sulfone groups is 1. The van der Waals surface area contributed by atoms with Crippen LogP contribution >= 0.6 is 11.3 Å². The topological polar surface area (TPSA) is 98.3 Å². The van der Waals surface area contributed by atoms with Gasteiger partial charge in [-0.2, -0.15) is 0 Å². The smallest absolute Gasteiger partial charge is 0.260 e. The lowest BCUT2D eigenvalue weighted by molar-refractivity contribution is 0.355. The Labute approximate surface area is 154 Å². The summed E-state index contributed by atoms with van der Waals surface area (Å²) in [7, 11) is -0.181. The molecule has 0 aliphatic rings. The predicted octanol–water partition coefficient (Wildman–Crippen LogP) is 2.60. The van der Waals surface area contributed by atoms with E-state index in [1.807, 2.05) is 11.4 Å². The quantitative estimate of drug-likeness (QED) is 0.690. The Bertz CT molecular complexity index is 1120. The summed E-state index contributed by atoms with van der Waals surface area (Å²) in [5.41, 5.74) is 1.14. The van der Waals surface area contributed by atoms with Crippen molar-refractivity contribution in [2.75, 3.05) is 20.0 Å². The minimum atomic E-state index is -3.28. The van der Waals surface area contributed by atoms with Gasteiger partial charge in [-0.3, -0.25) is 4.79 Å². The van der Waals surface area contributed by atoms with E-state index in [9.17, 15) is 13.2 Å². The molecule has 9 heteroatoms. The maximum absolute atomic E-state index is 12.6. The van der Waals surface area contributed by atoms with Crippen LogP contribution in [0.5, 0.6) is 11.5 Å². The average Bonchev–Trinajstić information content (AvgIpc) is 3.05. The van der Waals surface area contributed by atoms with E-state index in [4.69, 9.17) is 9.47 Å². The highest BCUT2D eigenvalue weighted by atomic mass is 32.2. The highest BCUT2D eigenvalue weighted by Crippen LogP contribution is 2.36. The van der Waals surface area contributed by atoms with Crippen LogP contribution in [0.4, 0.5) is 0 Å². The molecule has 0 radical (unpaired) electrons. The van der Waals surface area contributed by atoms with Crippen LogP contribution in [0, 0.1) is 0 Å². The second-order valence-electron chi connectivity index (χ2n) is 5.59. The average molecular weight is 394 g/mol. The molecule has 0 aliphatic heterocycles. The first-order chi connectivity index (χ1) is 12.4. The van der Waals surface area contributed by atoms with Crippen molar-refractivity contribution in [3.63, 3.8) is 0 Å². The van der Waals surface area contributed by atoms with E-state index in [1.165, 1.54) is 11.3 Å². The molecule has 2 heterocycles. The number of aromatic nitrogens is 2. The Morgan fingerprint density at radius 2 is 1.92 bits per heavy atom. The summed E-state index contributed by atoms with van der Waals surface area (Å²) >= 11 is 1.30. The summed E-state index contributed by atoms with van der Waals surface area (Å²) in [5.74, 6) is 1.02. The number of benzene rings is 1. The van der Waals surface area contributed by atoms with E-state index in [-0.39, 0.29) is 22.9 Å². The fourth-order valence-electron chi connectivity index (χ4n) is 2.59. The number of methoxy groups -OCH3 is 2. The highest BCUT2D eigenvalue weighted by molar-refractivity contribution is 7.90. The van der Waals surface area contributed by atoms with Crippen LogP contribution in [-0.4, -0.2) is 38.4 Å². The molecule has 0 unspecified atom stereocenters. The largest absolute Gasteiger partial charge is 0.493 e. The highest BCUT2D eigenvalue weighted by Gasteiger charge is 2.17. The Morgan fingerprint density at radius 3 is 2.58 bits per heavy atom. The number of H-pyrrole nitrogens is 1. The minimum Gasteiger partial charge on any atom is -0.493 e. The fraction of sp³-hybridized carbons (Fsp3) is 0.294. The van der Waals surface area contributed by atoms with Crippen molar-refractivity contribution < 1.29 is 17.9 Å². The van der Waals surface area contributed by atoms with Crippen LogP contribution in [0.1, 0.15) is 12.7 Å². The fourth-order valence-corrected chi connectivity index (χ4v) is 4.31. The van der Waals surface area contributed by atoms with Crippen LogP contribution < -0.4 is 15.0 Å². The monoisotopic (exact) mass is 394 g/mol. The van der Waals surface area contributed by atoms with Crippen molar-refractivity contribution in [3.8, 4) is 22.6 Å². The molecular formula is C17H18N2O5S2. The maximum atomic E-state index is 12.6. The Kier molecular flexibility index (Phi) is 5.01. The van der Waals surface area contributed by atoms with Gasteiger partial charge in [-0.25, -0.2) is 13.4 Å². The molecule has 2 aromatic heterocycles. The van der Waals surface area contributed by atoms with E-state index < -0.39 is 9.84 Å². The molecule has 0 saturated heterocycles. The lowest BCUT2D eigenvalue weighted by atomic mass is 10.1. The third-order valence-electron chi connectivity index (χ3n) is 3.98. The lowest BCUT2D eigenvalue weighted by Crippen LogP contribution is -2.16. The molecule has 7 nitrogen and oxygen atoms in total. The predicted molar refractivity (Wildman–Crippen MR) is 102 cm³/mol. The van der Waals surface area contributed by atoms with Gasteiger partial charge < -0.3 is 14.5 Å². The zero-order valence-electron chi connectivity index (χ0n) is 14.5. The normalized spacial score (nSPS) is 11.7. The van der Waals surface area contributed by atoms with Gasteiger partial charge in [0.2, 0.25) is 0 Å². The van der Waals surface area contributed by atoms with Crippen LogP contribution in [-0.2, 0) is 15.6 Å². The van der Waals surface area contributed by atoms with Crippen LogP contribution in [0.2, 0.25) is 0 Å². The molecule has 0 fully saturated rings. The molecule has 0 atom stereocenters. The molecule has 3 rings (SSSR count). The van der Waals surface area contributed by atoms with E-state index >= 15 is 0 Å². The number of ether oxygens (including phenoxy) is 2. The number of nitrogens with zero attached hydrogens (tertiary/aromatic N) is 1. The van der Waals surface area contributed by atoms with Gasteiger partial charge in [0.1, 0.15) is 16.4 Å². The summed E-state index contributed by atoms with van der Waals surface area (Å²) in [6.45, 7) is 1.56. The molecule has 0 amide bonds. The first kappa shape index (κ1) is 18.4. The molecular weight excluding hydrogens is 376 g/mol. The van der Waals surface area contributed by atoms with Crippen molar-refractivity contribution in [3.05, 3.63) is 39.8 Å². The van der Waals surface area contributed by atoms with Gasteiger partial charge in [0.25, 0.3) is 5.56 Å². The zero-order valence-corrected chi connectivity index (χ0v) is 16.2. The number of hydrogen-bond donors (Lipinski definition) is 1. The summed E-state index contributed by atoms with van der Waals surface area (Å²) in [6, 6.07) is 5.38. The van der Waals surface area contributed by atoms with Gasteiger partial charge in [0, 0.05) is 16.7 Å². The molecule has 0 bridgehead atoms. The van der Waals surface area contributed by atoms with Crippen LogP contribution in [0.25, 0.3) is 21.3 Å². The molecule has 26 heavy (non-hydrogen) atoms. The van der Waals surface area contributed by atoms with Crippen LogP contribution in [0.3, 0.4) is 0 Å². The summed E-state index contributed by atoms with van der Waals surface area (Å²) in [4.78, 5) is 20.0.